The number of carbonyl (C=O) groups is 2. The van der Waals surface area contributed by atoms with Crippen molar-refractivity contribution in [3.63, 3.8) is 0 Å². The third-order valence-electron chi connectivity index (χ3n) is 3.18. The van der Waals surface area contributed by atoms with Gasteiger partial charge >= 0.3 is 0 Å². The Morgan fingerprint density at radius 1 is 1.19 bits per heavy atom. The summed E-state index contributed by atoms with van der Waals surface area (Å²) in [6.07, 6.45) is 2.06. The molecule has 21 heavy (non-hydrogen) atoms. The summed E-state index contributed by atoms with van der Waals surface area (Å²) >= 11 is 0. The van der Waals surface area contributed by atoms with Gasteiger partial charge in [-0.25, -0.2) is 0 Å². The van der Waals surface area contributed by atoms with E-state index in [9.17, 15) is 9.59 Å². The summed E-state index contributed by atoms with van der Waals surface area (Å²) < 4.78 is 5.18. The van der Waals surface area contributed by atoms with Gasteiger partial charge in [0, 0.05) is 25.6 Å². The van der Waals surface area contributed by atoms with E-state index in [2.05, 4.69) is 10.6 Å². The molecule has 0 aliphatic heterocycles. The molecule has 1 fully saturated rings. The Morgan fingerprint density at radius 2 is 1.90 bits per heavy atom. The standard InChI is InChI=1S/C15H21N3O3/c16-14(19)10-21-13-5-1-11(2-6-13)9-17-7-8-18-15(20)12-3-4-12/h1-2,5-6,12,17H,3-4,7-10H2,(H2,16,19)(H,18,20). The summed E-state index contributed by atoms with van der Waals surface area (Å²) in [4.78, 5) is 22.0. The Morgan fingerprint density at radius 3 is 2.52 bits per heavy atom. The molecule has 6 heteroatoms. The zero-order valence-electron chi connectivity index (χ0n) is 11.9. The number of nitrogens with one attached hydrogen (secondary N) is 2. The van der Waals surface area contributed by atoms with Gasteiger partial charge in [0.1, 0.15) is 5.75 Å². The average Bonchev–Trinajstić information content (AvgIpc) is 3.30. The van der Waals surface area contributed by atoms with E-state index in [1.165, 1.54) is 0 Å². The third kappa shape index (κ3) is 5.83. The van der Waals surface area contributed by atoms with Crippen molar-refractivity contribution >= 4 is 11.8 Å². The van der Waals surface area contributed by atoms with Crippen molar-refractivity contribution in [2.24, 2.45) is 11.7 Å². The van der Waals surface area contributed by atoms with Crippen LogP contribution < -0.4 is 21.1 Å². The molecule has 1 saturated carbocycles. The Hall–Kier alpha value is -2.08. The molecule has 0 atom stereocenters. The SMILES string of the molecule is NC(=O)COc1ccc(CNCCNC(=O)C2CC2)cc1. The largest absolute Gasteiger partial charge is 0.484 e. The van der Waals surface area contributed by atoms with Crippen LogP contribution in [0, 0.1) is 5.92 Å². The van der Waals surface area contributed by atoms with Crippen LogP contribution in [0.4, 0.5) is 0 Å². The Balaban J connectivity index is 1.59. The predicted octanol–water partition coefficient (Wildman–Crippen LogP) is 0.166. The van der Waals surface area contributed by atoms with Crippen molar-refractivity contribution in [1.82, 2.24) is 10.6 Å². The van der Waals surface area contributed by atoms with Crippen molar-refractivity contribution in [3.8, 4) is 5.75 Å². The fourth-order valence-corrected chi connectivity index (χ4v) is 1.85. The van der Waals surface area contributed by atoms with E-state index in [0.29, 0.717) is 12.3 Å². The molecule has 0 bridgehead atoms. The number of hydrogen-bond acceptors (Lipinski definition) is 4. The van der Waals surface area contributed by atoms with E-state index in [0.717, 1.165) is 31.5 Å². The lowest BCUT2D eigenvalue weighted by Gasteiger charge is -2.08. The monoisotopic (exact) mass is 291 g/mol. The molecule has 4 N–H and O–H groups in total. The average molecular weight is 291 g/mol. The molecule has 0 saturated heterocycles. The van der Waals surface area contributed by atoms with Crippen molar-refractivity contribution in [1.29, 1.82) is 0 Å². The first-order chi connectivity index (χ1) is 10.1. The van der Waals surface area contributed by atoms with Gasteiger partial charge < -0.3 is 21.1 Å². The first-order valence-corrected chi connectivity index (χ1v) is 7.13. The van der Waals surface area contributed by atoms with Gasteiger partial charge in [0.15, 0.2) is 6.61 Å². The number of amides is 2. The van der Waals surface area contributed by atoms with E-state index in [4.69, 9.17) is 10.5 Å². The van der Waals surface area contributed by atoms with Crippen molar-refractivity contribution in [3.05, 3.63) is 29.8 Å². The second-order valence-corrected chi connectivity index (χ2v) is 5.14. The first kappa shape index (κ1) is 15.3. The van der Waals surface area contributed by atoms with Crippen LogP contribution in [-0.2, 0) is 16.1 Å². The number of ether oxygens (including phenoxy) is 1. The normalized spacial score (nSPS) is 13.7. The van der Waals surface area contributed by atoms with Crippen LogP contribution in [0.15, 0.2) is 24.3 Å². The van der Waals surface area contributed by atoms with E-state index >= 15 is 0 Å². The first-order valence-electron chi connectivity index (χ1n) is 7.13. The Labute approximate surface area is 124 Å². The molecular weight excluding hydrogens is 270 g/mol. The fourth-order valence-electron chi connectivity index (χ4n) is 1.85. The fraction of sp³-hybridized carbons (Fsp3) is 0.467. The molecule has 114 valence electrons. The molecule has 0 aromatic heterocycles. The highest BCUT2D eigenvalue weighted by Gasteiger charge is 2.28. The van der Waals surface area contributed by atoms with Crippen molar-refractivity contribution < 1.29 is 14.3 Å². The minimum Gasteiger partial charge on any atom is -0.484 e. The van der Waals surface area contributed by atoms with E-state index in [1.54, 1.807) is 12.1 Å². The zero-order chi connectivity index (χ0) is 15.1. The lowest BCUT2D eigenvalue weighted by Crippen LogP contribution is -2.32. The Kier molecular flexibility index (Phi) is 5.57. The lowest BCUT2D eigenvalue weighted by atomic mass is 10.2. The maximum atomic E-state index is 11.4. The molecule has 1 aromatic rings. The zero-order valence-corrected chi connectivity index (χ0v) is 11.9. The highest BCUT2D eigenvalue weighted by Crippen LogP contribution is 2.28. The van der Waals surface area contributed by atoms with Gasteiger partial charge in [0.05, 0.1) is 0 Å². The molecule has 2 rings (SSSR count). The van der Waals surface area contributed by atoms with Crippen LogP contribution in [0.2, 0.25) is 0 Å². The molecular formula is C15H21N3O3. The summed E-state index contributed by atoms with van der Waals surface area (Å²) in [7, 11) is 0. The van der Waals surface area contributed by atoms with Crippen LogP contribution in [0.3, 0.4) is 0 Å². The molecule has 0 unspecified atom stereocenters. The van der Waals surface area contributed by atoms with Crippen molar-refractivity contribution in [2.75, 3.05) is 19.7 Å². The van der Waals surface area contributed by atoms with Crippen LogP contribution in [0.5, 0.6) is 5.75 Å². The minimum atomic E-state index is -0.492. The van der Waals surface area contributed by atoms with Crippen LogP contribution in [-0.4, -0.2) is 31.5 Å². The number of primary amides is 1. The van der Waals surface area contributed by atoms with E-state index < -0.39 is 5.91 Å². The second kappa shape index (κ2) is 7.64. The number of nitrogens with two attached hydrogens (primary N) is 1. The molecule has 0 spiro atoms. The van der Waals surface area contributed by atoms with Gasteiger partial charge in [-0.3, -0.25) is 9.59 Å². The topological polar surface area (TPSA) is 93.5 Å². The third-order valence-corrected chi connectivity index (χ3v) is 3.18. The summed E-state index contributed by atoms with van der Waals surface area (Å²) in [5.41, 5.74) is 6.11. The number of benzene rings is 1. The maximum Gasteiger partial charge on any atom is 0.255 e. The minimum absolute atomic E-state index is 0.113. The molecule has 2 amide bonds. The van der Waals surface area contributed by atoms with Gasteiger partial charge in [0.25, 0.3) is 5.91 Å². The molecule has 1 aliphatic carbocycles. The van der Waals surface area contributed by atoms with Gasteiger partial charge in [-0.2, -0.15) is 0 Å². The van der Waals surface area contributed by atoms with Gasteiger partial charge in [0.2, 0.25) is 5.91 Å². The number of rotatable bonds is 9. The molecule has 0 radical (unpaired) electrons. The molecule has 6 nitrogen and oxygen atoms in total. The van der Waals surface area contributed by atoms with Crippen molar-refractivity contribution in [2.45, 2.75) is 19.4 Å². The number of hydrogen-bond donors (Lipinski definition) is 3. The summed E-state index contributed by atoms with van der Waals surface area (Å²) in [6, 6.07) is 7.45. The predicted molar refractivity (Wildman–Crippen MR) is 78.6 cm³/mol. The highest BCUT2D eigenvalue weighted by atomic mass is 16.5. The smallest absolute Gasteiger partial charge is 0.255 e. The Bertz CT molecular complexity index is 483. The van der Waals surface area contributed by atoms with Crippen LogP contribution in [0.25, 0.3) is 0 Å². The highest BCUT2D eigenvalue weighted by molar-refractivity contribution is 5.80. The molecule has 1 aromatic carbocycles. The molecule has 0 heterocycles. The maximum absolute atomic E-state index is 11.4. The van der Waals surface area contributed by atoms with E-state index in [1.807, 2.05) is 12.1 Å². The second-order valence-electron chi connectivity index (χ2n) is 5.14. The molecule has 1 aliphatic rings. The van der Waals surface area contributed by atoms with Gasteiger partial charge in [-0.05, 0) is 30.5 Å². The van der Waals surface area contributed by atoms with Gasteiger partial charge in [-0.15, -0.1) is 0 Å². The summed E-state index contributed by atoms with van der Waals surface area (Å²) in [5, 5.41) is 6.16. The van der Waals surface area contributed by atoms with Crippen LogP contribution in [0.1, 0.15) is 18.4 Å². The van der Waals surface area contributed by atoms with E-state index in [-0.39, 0.29) is 18.4 Å². The summed E-state index contributed by atoms with van der Waals surface area (Å²) in [6.45, 7) is 1.99. The summed E-state index contributed by atoms with van der Waals surface area (Å²) in [5.74, 6) is 0.564. The number of carbonyl (C=O) groups excluding carboxylic acids is 2. The van der Waals surface area contributed by atoms with Crippen LogP contribution >= 0.6 is 0 Å². The lowest BCUT2D eigenvalue weighted by molar-refractivity contribution is -0.122. The quantitative estimate of drug-likeness (QED) is 0.565. The van der Waals surface area contributed by atoms with Gasteiger partial charge in [-0.1, -0.05) is 12.1 Å².